The molecule has 0 saturated carbocycles. The van der Waals surface area contributed by atoms with Crippen LogP contribution in [0.4, 0.5) is 0 Å². The molecule has 0 saturated heterocycles. The predicted octanol–water partition coefficient (Wildman–Crippen LogP) is 3.97. The summed E-state index contributed by atoms with van der Waals surface area (Å²) in [5, 5.41) is 5.05. The van der Waals surface area contributed by atoms with Crippen LogP contribution >= 0.6 is 0 Å². The molecule has 6 heteroatoms. The zero-order valence-corrected chi connectivity index (χ0v) is 18.0. The van der Waals surface area contributed by atoms with Crippen LogP contribution in [0.5, 0.6) is 0 Å². The second kappa shape index (κ2) is 8.12. The van der Waals surface area contributed by atoms with Gasteiger partial charge in [-0.05, 0) is 31.4 Å². The van der Waals surface area contributed by atoms with Crippen molar-refractivity contribution in [3.8, 4) is 0 Å². The van der Waals surface area contributed by atoms with Crippen LogP contribution in [0, 0.1) is 0 Å². The summed E-state index contributed by atoms with van der Waals surface area (Å²) >= 11 is 0. The molecule has 1 aliphatic rings. The third-order valence-electron chi connectivity index (χ3n) is 6.08. The Bertz CT molecular complexity index is 1240. The van der Waals surface area contributed by atoms with Crippen LogP contribution in [-0.2, 0) is 19.5 Å². The van der Waals surface area contributed by atoms with E-state index in [0.717, 1.165) is 25.3 Å². The zero-order valence-electron chi connectivity index (χ0n) is 18.0. The van der Waals surface area contributed by atoms with Crippen LogP contribution in [0.15, 0.2) is 71.7 Å². The van der Waals surface area contributed by atoms with Gasteiger partial charge < -0.3 is 0 Å². The second-order valence-electron chi connectivity index (χ2n) is 8.51. The van der Waals surface area contributed by atoms with Crippen LogP contribution in [0.25, 0.3) is 11.0 Å². The van der Waals surface area contributed by atoms with E-state index in [1.165, 1.54) is 11.1 Å². The molecule has 0 bridgehead atoms. The fourth-order valence-corrected chi connectivity index (χ4v) is 4.50. The Morgan fingerprint density at radius 2 is 1.65 bits per heavy atom. The van der Waals surface area contributed by atoms with E-state index in [2.05, 4.69) is 72.4 Å². The molecule has 3 heterocycles. The van der Waals surface area contributed by atoms with Gasteiger partial charge in [0.05, 0.1) is 12.2 Å². The van der Waals surface area contributed by atoms with Gasteiger partial charge in [-0.2, -0.15) is 5.10 Å². The van der Waals surface area contributed by atoms with Gasteiger partial charge in [-0.25, -0.2) is 9.67 Å². The van der Waals surface area contributed by atoms with Crippen LogP contribution in [-0.4, -0.2) is 30.8 Å². The lowest BCUT2D eigenvalue weighted by atomic mass is 10.0. The molecule has 6 nitrogen and oxygen atoms in total. The van der Waals surface area contributed by atoms with Crippen molar-refractivity contribution in [3.63, 3.8) is 0 Å². The maximum Gasteiger partial charge on any atom is 0.264 e. The van der Waals surface area contributed by atoms with Gasteiger partial charge in [-0.3, -0.25) is 14.3 Å². The number of nitrogens with zero attached hydrogens (tertiary/aromatic N) is 5. The topological polar surface area (TPSA) is 56.0 Å². The molecule has 1 aliphatic heterocycles. The summed E-state index contributed by atoms with van der Waals surface area (Å²) in [6, 6.07) is 21.1. The van der Waals surface area contributed by atoms with Crippen LogP contribution in [0.2, 0.25) is 0 Å². The van der Waals surface area contributed by atoms with Gasteiger partial charge in [-0.1, -0.05) is 60.7 Å². The van der Waals surface area contributed by atoms with Gasteiger partial charge in [0, 0.05) is 25.7 Å². The Kier molecular flexibility index (Phi) is 5.16. The average molecular weight is 414 g/mol. The molecule has 2 aromatic carbocycles. The molecule has 0 radical (unpaired) electrons. The first-order valence-electron chi connectivity index (χ1n) is 10.9. The summed E-state index contributed by atoms with van der Waals surface area (Å²) in [6.07, 6.45) is 2.47. The minimum atomic E-state index is 0.0176. The smallest absolute Gasteiger partial charge is 0.264 e. The molecule has 1 unspecified atom stereocenters. The monoisotopic (exact) mass is 413 g/mol. The second-order valence-corrected chi connectivity index (χ2v) is 8.51. The van der Waals surface area contributed by atoms with Crippen molar-refractivity contribution < 1.29 is 0 Å². The van der Waals surface area contributed by atoms with Crippen molar-refractivity contribution in [2.75, 3.05) is 6.54 Å². The van der Waals surface area contributed by atoms with Crippen molar-refractivity contribution in [1.82, 2.24) is 24.2 Å². The molecular weight excluding hydrogens is 386 g/mol. The predicted molar refractivity (Wildman–Crippen MR) is 122 cm³/mol. The Morgan fingerprint density at radius 3 is 2.32 bits per heavy atom. The van der Waals surface area contributed by atoms with Crippen molar-refractivity contribution in [3.05, 3.63) is 94.2 Å². The Labute approximate surface area is 181 Å². The fraction of sp³-hybridized carbons (Fsp3) is 0.320. The molecule has 0 spiro atoms. The van der Waals surface area contributed by atoms with Crippen molar-refractivity contribution in [2.45, 2.75) is 45.4 Å². The third-order valence-corrected chi connectivity index (χ3v) is 6.08. The number of aromatic nitrogens is 4. The van der Waals surface area contributed by atoms with Crippen LogP contribution < -0.4 is 5.56 Å². The SMILES string of the molecule is CC(C)n1ncc2c(=O)n3c(nc21)C(Cc1ccccc1)N(Cc1ccccc1)CC3. The maximum absolute atomic E-state index is 13.3. The van der Waals surface area contributed by atoms with E-state index in [9.17, 15) is 4.79 Å². The highest BCUT2D eigenvalue weighted by Gasteiger charge is 2.31. The first kappa shape index (κ1) is 19.7. The summed E-state index contributed by atoms with van der Waals surface area (Å²) in [6.45, 7) is 6.41. The molecule has 4 aromatic rings. The molecule has 0 aliphatic carbocycles. The normalized spacial score (nSPS) is 16.7. The van der Waals surface area contributed by atoms with Crippen LogP contribution in [0.3, 0.4) is 0 Å². The first-order chi connectivity index (χ1) is 15.1. The molecule has 0 N–H and O–H groups in total. The highest BCUT2D eigenvalue weighted by Crippen LogP contribution is 2.29. The number of fused-ring (bicyclic) bond motifs is 2. The summed E-state index contributed by atoms with van der Waals surface area (Å²) < 4.78 is 3.72. The lowest BCUT2D eigenvalue weighted by Gasteiger charge is -2.37. The van der Waals surface area contributed by atoms with E-state index in [1.54, 1.807) is 6.20 Å². The van der Waals surface area contributed by atoms with Gasteiger partial charge in [0.2, 0.25) is 0 Å². The Balaban J connectivity index is 1.63. The highest BCUT2D eigenvalue weighted by atomic mass is 16.1. The minimum Gasteiger partial charge on any atom is -0.293 e. The van der Waals surface area contributed by atoms with Gasteiger partial charge >= 0.3 is 0 Å². The van der Waals surface area contributed by atoms with Gasteiger partial charge in [-0.15, -0.1) is 0 Å². The highest BCUT2D eigenvalue weighted by molar-refractivity contribution is 5.73. The van der Waals surface area contributed by atoms with Crippen LogP contribution in [0.1, 0.15) is 42.9 Å². The third kappa shape index (κ3) is 3.68. The molecule has 2 aromatic heterocycles. The quantitative estimate of drug-likeness (QED) is 0.497. The summed E-state index contributed by atoms with van der Waals surface area (Å²) in [5.41, 5.74) is 3.21. The average Bonchev–Trinajstić information content (AvgIpc) is 3.22. The summed E-state index contributed by atoms with van der Waals surface area (Å²) in [7, 11) is 0. The van der Waals surface area contributed by atoms with E-state index in [0.29, 0.717) is 17.6 Å². The number of hydrogen-bond acceptors (Lipinski definition) is 4. The minimum absolute atomic E-state index is 0.0176. The van der Waals surface area contributed by atoms with Crippen molar-refractivity contribution >= 4 is 11.0 Å². The first-order valence-corrected chi connectivity index (χ1v) is 10.9. The Hall–Kier alpha value is -3.25. The molecular formula is C25H27N5O. The maximum atomic E-state index is 13.3. The Morgan fingerprint density at radius 1 is 0.968 bits per heavy atom. The number of benzene rings is 2. The van der Waals surface area contributed by atoms with E-state index >= 15 is 0 Å². The molecule has 0 amide bonds. The van der Waals surface area contributed by atoms with E-state index in [-0.39, 0.29) is 17.6 Å². The number of hydrogen-bond donors (Lipinski definition) is 0. The van der Waals surface area contributed by atoms with Gasteiger partial charge in [0.15, 0.2) is 5.65 Å². The lowest BCUT2D eigenvalue weighted by molar-refractivity contribution is 0.139. The van der Waals surface area contributed by atoms with Crippen molar-refractivity contribution in [2.24, 2.45) is 0 Å². The molecule has 31 heavy (non-hydrogen) atoms. The number of rotatable bonds is 5. The summed E-state index contributed by atoms with van der Waals surface area (Å²) in [4.78, 5) is 20.8. The molecule has 158 valence electrons. The molecule has 1 atom stereocenters. The molecule has 5 rings (SSSR count). The zero-order chi connectivity index (χ0) is 21.4. The van der Waals surface area contributed by atoms with E-state index in [1.807, 2.05) is 21.4 Å². The summed E-state index contributed by atoms with van der Waals surface area (Å²) in [5.74, 6) is 0.839. The van der Waals surface area contributed by atoms with E-state index < -0.39 is 0 Å². The van der Waals surface area contributed by atoms with E-state index in [4.69, 9.17) is 4.98 Å². The van der Waals surface area contributed by atoms with Gasteiger partial charge in [0.25, 0.3) is 5.56 Å². The fourth-order valence-electron chi connectivity index (χ4n) is 4.50. The van der Waals surface area contributed by atoms with Gasteiger partial charge in [0.1, 0.15) is 11.2 Å². The lowest BCUT2D eigenvalue weighted by Crippen LogP contribution is -2.44. The standard InChI is InChI=1S/C25H27N5O/c1-18(2)30-23-21(16-26-30)25(31)29-14-13-28(17-20-11-7-4-8-12-20)22(24(29)27-23)15-19-9-5-3-6-10-19/h3-12,16,18,22H,13-15,17H2,1-2H3. The largest absolute Gasteiger partial charge is 0.293 e. The molecule has 0 fully saturated rings. The van der Waals surface area contributed by atoms with Crippen molar-refractivity contribution in [1.29, 1.82) is 0 Å².